The van der Waals surface area contributed by atoms with Crippen molar-refractivity contribution in [1.29, 1.82) is 0 Å². The summed E-state index contributed by atoms with van der Waals surface area (Å²) in [6.45, 7) is 2.42. The number of carboxylic acid groups (broad SMARTS) is 1. The lowest BCUT2D eigenvalue weighted by molar-refractivity contribution is -0.156. The first-order valence-corrected chi connectivity index (χ1v) is 6.10. The van der Waals surface area contributed by atoms with Crippen LogP contribution < -0.4 is 5.73 Å². The van der Waals surface area contributed by atoms with E-state index in [4.69, 9.17) is 5.73 Å². The Bertz CT molecular complexity index is 424. The topological polar surface area (TPSA) is 63.3 Å². The Labute approximate surface area is 102 Å². The highest BCUT2D eigenvalue weighted by atomic mass is 16.4. The van der Waals surface area contributed by atoms with Gasteiger partial charge < -0.3 is 10.8 Å². The number of aliphatic carboxylic acids is 1. The molecule has 1 unspecified atom stereocenters. The van der Waals surface area contributed by atoms with E-state index in [2.05, 4.69) is 6.07 Å². The minimum Gasteiger partial charge on any atom is -0.481 e. The molecule has 1 aliphatic carbocycles. The number of benzene rings is 1. The van der Waals surface area contributed by atoms with Gasteiger partial charge in [-0.2, -0.15) is 0 Å². The van der Waals surface area contributed by atoms with Gasteiger partial charge in [-0.25, -0.2) is 0 Å². The summed E-state index contributed by atoms with van der Waals surface area (Å²) in [5.74, 6) is -0.755. The molecule has 3 nitrogen and oxygen atoms in total. The largest absolute Gasteiger partial charge is 0.481 e. The molecule has 2 rings (SSSR count). The molecule has 1 fully saturated rings. The summed E-state index contributed by atoms with van der Waals surface area (Å²) in [4.78, 5) is 11.5. The second-order valence-corrected chi connectivity index (χ2v) is 5.02. The Hall–Kier alpha value is -1.35. The third-order valence-electron chi connectivity index (χ3n) is 4.02. The summed E-state index contributed by atoms with van der Waals surface area (Å²) in [7, 11) is 0. The van der Waals surface area contributed by atoms with Crippen molar-refractivity contribution in [1.82, 2.24) is 0 Å². The average molecular weight is 233 g/mol. The number of hydrogen-bond donors (Lipinski definition) is 2. The Balaban J connectivity index is 2.36. The maximum Gasteiger partial charge on any atom is 0.310 e. The first-order valence-electron chi connectivity index (χ1n) is 6.10. The molecule has 0 saturated heterocycles. The van der Waals surface area contributed by atoms with E-state index in [-0.39, 0.29) is 5.92 Å². The van der Waals surface area contributed by atoms with E-state index in [0.717, 1.165) is 30.4 Å². The number of carboxylic acids is 1. The zero-order chi connectivity index (χ0) is 12.5. The SMILES string of the molecule is Cc1cccc(C(CN)C2(C(=O)O)CCC2)c1. The maximum atomic E-state index is 11.5. The third-order valence-corrected chi connectivity index (χ3v) is 4.02. The molecule has 3 N–H and O–H groups in total. The van der Waals surface area contributed by atoms with Crippen molar-refractivity contribution in [2.75, 3.05) is 6.54 Å². The molecular formula is C14H19NO2. The number of nitrogens with two attached hydrogens (primary N) is 1. The minimum atomic E-state index is -0.694. The Morgan fingerprint density at radius 3 is 2.65 bits per heavy atom. The van der Waals surface area contributed by atoms with Crippen LogP contribution in [0.2, 0.25) is 0 Å². The van der Waals surface area contributed by atoms with E-state index >= 15 is 0 Å². The van der Waals surface area contributed by atoms with Gasteiger partial charge in [-0.3, -0.25) is 4.79 Å². The lowest BCUT2D eigenvalue weighted by Crippen LogP contribution is -2.45. The quantitative estimate of drug-likeness (QED) is 0.838. The van der Waals surface area contributed by atoms with Crippen LogP contribution in [0.3, 0.4) is 0 Å². The molecule has 0 bridgehead atoms. The fraction of sp³-hybridized carbons (Fsp3) is 0.500. The van der Waals surface area contributed by atoms with Crippen LogP contribution in [0.4, 0.5) is 0 Å². The summed E-state index contributed by atoms with van der Waals surface area (Å²) in [5, 5.41) is 9.46. The van der Waals surface area contributed by atoms with Gasteiger partial charge in [-0.1, -0.05) is 36.2 Å². The summed E-state index contributed by atoms with van der Waals surface area (Å²) in [6.07, 6.45) is 2.49. The van der Waals surface area contributed by atoms with Gasteiger partial charge in [-0.05, 0) is 25.3 Å². The third kappa shape index (κ3) is 1.95. The molecule has 0 heterocycles. The van der Waals surface area contributed by atoms with Crippen LogP contribution in [-0.2, 0) is 4.79 Å². The van der Waals surface area contributed by atoms with Crippen LogP contribution in [0.25, 0.3) is 0 Å². The summed E-state index contributed by atoms with van der Waals surface area (Å²) < 4.78 is 0. The normalized spacial score (nSPS) is 19.4. The van der Waals surface area contributed by atoms with Crippen LogP contribution in [0.15, 0.2) is 24.3 Å². The number of aryl methyl sites for hydroxylation is 1. The molecule has 1 saturated carbocycles. The molecule has 0 amide bonds. The second-order valence-electron chi connectivity index (χ2n) is 5.02. The van der Waals surface area contributed by atoms with Crippen molar-refractivity contribution < 1.29 is 9.90 Å². The highest BCUT2D eigenvalue weighted by Crippen LogP contribution is 2.51. The van der Waals surface area contributed by atoms with Gasteiger partial charge in [0.15, 0.2) is 0 Å². The predicted molar refractivity (Wildman–Crippen MR) is 66.9 cm³/mol. The summed E-state index contributed by atoms with van der Waals surface area (Å²) in [6, 6.07) is 8.04. The van der Waals surface area contributed by atoms with Gasteiger partial charge >= 0.3 is 5.97 Å². The minimum absolute atomic E-state index is 0.0614. The molecule has 0 radical (unpaired) electrons. The van der Waals surface area contributed by atoms with Crippen LogP contribution in [0.1, 0.15) is 36.3 Å². The van der Waals surface area contributed by atoms with Crippen LogP contribution >= 0.6 is 0 Å². The van der Waals surface area contributed by atoms with Gasteiger partial charge in [-0.15, -0.1) is 0 Å². The molecule has 1 aromatic carbocycles. The van der Waals surface area contributed by atoms with Gasteiger partial charge in [0.05, 0.1) is 5.41 Å². The first-order chi connectivity index (χ1) is 8.10. The standard InChI is InChI=1S/C14H19NO2/c1-10-4-2-5-11(8-10)12(9-15)14(13(16)17)6-3-7-14/h2,4-5,8,12H,3,6-7,9,15H2,1H3,(H,16,17). The highest BCUT2D eigenvalue weighted by molar-refractivity contribution is 5.77. The highest BCUT2D eigenvalue weighted by Gasteiger charge is 2.50. The summed E-state index contributed by atoms with van der Waals surface area (Å²) in [5.41, 5.74) is 7.42. The van der Waals surface area contributed by atoms with E-state index in [1.54, 1.807) is 0 Å². The van der Waals surface area contributed by atoms with Gasteiger partial charge in [0.25, 0.3) is 0 Å². The monoisotopic (exact) mass is 233 g/mol. The number of hydrogen-bond acceptors (Lipinski definition) is 2. The molecule has 92 valence electrons. The molecule has 1 aliphatic rings. The van der Waals surface area contributed by atoms with Gasteiger partial charge in [0.1, 0.15) is 0 Å². The molecule has 0 aromatic heterocycles. The van der Waals surface area contributed by atoms with Crippen molar-refractivity contribution in [3.63, 3.8) is 0 Å². The number of carbonyl (C=O) groups is 1. The van der Waals surface area contributed by atoms with Crippen molar-refractivity contribution in [2.24, 2.45) is 11.1 Å². The van der Waals surface area contributed by atoms with Crippen molar-refractivity contribution in [3.8, 4) is 0 Å². The zero-order valence-electron chi connectivity index (χ0n) is 10.1. The molecule has 1 aromatic rings. The van der Waals surface area contributed by atoms with Crippen LogP contribution in [0.5, 0.6) is 0 Å². The Kier molecular flexibility index (Phi) is 3.20. The zero-order valence-corrected chi connectivity index (χ0v) is 10.1. The van der Waals surface area contributed by atoms with E-state index in [9.17, 15) is 9.90 Å². The van der Waals surface area contributed by atoms with E-state index in [0.29, 0.717) is 6.54 Å². The van der Waals surface area contributed by atoms with E-state index in [1.165, 1.54) is 0 Å². The molecule has 0 aliphatic heterocycles. The molecule has 0 spiro atoms. The van der Waals surface area contributed by atoms with Crippen molar-refractivity contribution >= 4 is 5.97 Å². The fourth-order valence-electron chi connectivity index (χ4n) is 2.84. The second kappa shape index (κ2) is 4.49. The lowest BCUT2D eigenvalue weighted by Gasteiger charge is -2.44. The van der Waals surface area contributed by atoms with E-state index in [1.807, 2.05) is 25.1 Å². The smallest absolute Gasteiger partial charge is 0.310 e. The Morgan fingerprint density at radius 1 is 1.53 bits per heavy atom. The van der Waals surface area contributed by atoms with Gasteiger partial charge in [0.2, 0.25) is 0 Å². The predicted octanol–water partition coefficient (Wildman–Crippen LogP) is 2.29. The van der Waals surface area contributed by atoms with Crippen molar-refractivity contribution in [2.45, 2.75) is 32.1 Å². The molecule has 17 heavy (non-hydrogen) atoms. The van der Waals surface area contributed by atoms with Crippen LogP contribution in [-0.4, -0.2) is 17.6 Å². The van der Waals surface area contributed by atoms with E-state index < -0.39 is 11.4 Å². The Morgan fingerprint density at radius 2 is 2.24 bits per heavy atom. The molecule has 3 heteroatoms. The molecule has 1 atom stereocenters. The maximum absolute atomic E-state index is 11.5. The molecular weight excluding hydrogens is 214 g/mol. The lowest BCUT2D eigenvalue weighted by atomic mass is 9.59. The van der Waals surface area contributed by atoms with Crippen LogP contribution in [0, 0.1) is 12.3 Å². The summed E-state index contributed by atoms with van der Waals surface area (Å²) >= 11 is 0. The number of rotatable bonds is 4. The van der Waals surface area contributed by atoms with Crippen molar-refractivity contribution in [3.05, 3.63) is 35.4 Å². The van der Waals surface area contributed by atoms with Gasteiger partial charge in [0, 0.05) is 12.5 Å². The fourth-order valence-corrected chi connectivity index (χ4v) is 2.84. The first kappa shape index (κ1) is 12.1. The average Bonchev–Trinajstić information content (AvgIpc) is 2.22.